The van der Waals surface area contributed by atoms with E-state index in [9.17, 15) is 9.59 Å². The Bertz CT molecular complexity index is 395. The van der Waals surface area contributed by atoms with E-state index in [0.29, 0.717) is 0 Å². The van der Waals surface area contributed by atoms with Gasteiger partial charge in [0.05, 0.1) is 3.79 Å². The van der Waals surface area contributed by atoms with Crippen LogP contribution in [-0.2, 0) is 9.59 Å². The third-order valence-corrected chi connectivity index (χ3v) is 2.98. The van der Waals surface area contributed by atoms with Crippen LogP contribution in [0.3, 0.4) is 0 Å². The Hall–Kier alpha value is -1.14. The molecular formula is C8H7BrN2O2S. The number of carbonyl (C=O) groups is 2. The van der Waals surface area contributed by atoms with E-state index in [2.05, 4.69) is 15.9 Å². The van der Waals surface area contributed by atoms with Crippen molar-refractivity contribution in [2.75, 3.05) is 0 Å². The average molecular weight is 275 g/mol. The standard InChI is InChI=1S/C8H7BrN2O2S/c9-6-2-1-4(14-6)3-5(7(10)12)8(11)13/h1-3H,(H2,10,12)(H2,11,13). The van der Waals surface area contributed by atoms with Gasteiger partial charge in [0.1, 0.15) is 5.57 Å². The molecule has 4 N–H and O–H groups in total. The molecule has 1 rings (SSSR count). The fourth-order valence-electron chi connectivity index (χ4n) is 0.812. The fraction of sp³-hybridized carbons (Fsp3) is 0. The van der Waals surface area contributed by atoms with E-state index in [1.807, 2.05) is 0 Å². The predicted octanol–water partition coefficient (Wildman–Crippen LogP) is 0.865. The zero-order valence-electron chi connectivity index (χ0n) is 6.99. The SMILES string of the molecule is NC(=O)C(=Cc1ccc(Br)s1)C(N)=O. The van der Waals surface area contributed by atoms with Gasteiger partial charge in [-0.2, -0.15) is 0 Å². The smallest absolute Gasteiger partial charge is 0.254 e. The van der Waals surface area contributed by atoms with Crippen LogP contribution in [0, 0.1) is 0 Å². The highest BCUT2D eigenvalue weighted by atomic mass is 79.9. The van der Waals surface area contributed by atoms with Gasteiger partial charge in [-0.3, -0.25) is 9.59 Å². The third-order valence-electron chi connectivity index (χ3n) is 1.41. The van der Waals surface area contributed by atoms with Gasteiger partial charge in [0.25, 0.3) is 11.8 Å². The predicted molar refractivity (Wildman–Crippen MR) is 58.4 cm³/mol. The highest BCUT2D eigenvalue weighted by molar-refractivity contribution is 9.11. The molecule has 0 spiro atoms. The molecule has 2 amide bonds. The lowest BCUT2D eigenvalue weighted by atomic mass is 10.2. The Balaban J connectivity index is 3.05. The fourth-order valence-corrected chi connectivity index (χ4v) is 2.18. The molecule has 0 saturated carbocycles. The van der Waals surface area contributed by atoms with Crippen LogP contribution >= 0.6 is 27.3 Å². The van der Waals surface area contributed by atoms with Crippen molar-refractivity contribution in [1.29, 1.82) is 0 Å². The number of hydrogen-bond donors (Lipinski definition) is 2. The third kappa shape index (κ3) is 2.68. The van der Waals surface area contributed by atoms with E-state index < -0.39 is 11.8 Å². The summed E-state index contributed by atoms with van der Waals surface area (Å²) in [5, 5.41) is 0. The summed E-state index contributed by atoms with van der Waals surface area (Å²) in [6.45, 7) is 0. The number of carbonyl (C=O) groups excluding carboxylic acids is 2. The van der Waals surface area contributed by atoms with Crippen molar-refractivity contribution in [3.8, 4) is 0 Å². The van der Waals surface area contributed by atoms with Crippen LogP contribution in [0.4, 0.5) is 0 Å². The lowest BCUT2D eigenvalue weighted by molar-refractivity contribution is -0.120. The molecule has 0 aromatic carbocycles. The number of amides is 2. The Labute approximate surface area is 92.7 Å². The van der Waals surface area contributed by atoms with Gasteiger partial charge in [-0.15, -0.1) is 11.3 Å². The molecule has 1 heterocycles. The van der Waals surface area contributed by atoms with Crippen LogP contribution in [0.2, 0.25) is 0 Å². The molecule has 0 atom stereocenters. The Morgan fingerprint density at radius 1 is 1.29 bits per heavy atom. The van der Waals surface area contributed by atoms with E-state index in [1.165, 1.54) is 17.4 Å². The second-order valence-corrected chi connectivity index (χ2v) is 4.92. The number of primary amides is 2. The molecule has 0 aliphatic carbocycles. The molecule has 0 radical (unpaired) electrons. The van der Waals surface area contributed by atoms with Crippen molar-refractivity contribution in [3.05, 3.63) is 26.4 Å². The highest BCUT2D eigenvalue weighted by Crippen LogP contribution is 2.23. The largest absolute Gasteiger partial charge is 0.365 e. The molecule has 74 valence electrons. The van der Waals surface area contributed by atoms with Gasteiger partial charge in [-0.1, -0.05) is 0 Å². The topological polar surface area (TPSA) is 86.2 Å². The van der Waals surface area contributed by atoms with E-state index in [0.717, 1.165) is 8.66 Å². The Morgan fingerprint density at radius 3 is 2.21 bits per heavy atom. The summed E-state index contributed by atoms with van der Waals surface area (Å²) >= 11 is 4.63. The summed E-state index contributed by atoms with van der Waals surface area (Å²) < 4.78 is 0.900. The first kappa shape index (κ1) is 10.9. The molecule has 14 heavy (non-hydrogen) atoms. The maximum atomic E-state index is 10.8. The van der Waals surface area contributed by atoms with Gasteiger partial charge < -0.3 is 11.5 Å². The summed E-state index contributed by atoms with van der Waals surface area (Å²) in [5.41, 5.74) is 9.76. The first-order valence-corrected chi connectivity index (χ1v) is 5.18. The summed E-state index contributed by atoms with van der Waals surface area (Å²) in [4.78, 5) is 22.3. The van der Waals surface area contributed by atoms with Crippen molar-refractivity contribution in [2.45, 2.75) is 0 Å². The van der Waals surface area contributed by atoms with Gasteiger partial charge >= 0.3 is 0 Å². The molecule has 0 unspecified atom stereocenters. The quantitative estimate of drug-likeness (QED) is 0.487. The number of hydrogen-bond acceptors (Lipinski definition) is 3. The minimum atomic E-state index is -0.818. The molecule has 1 aromatic rings. The first-order valence-electron chi connectivity index (χ1n) is 3.57. The van der Waals surface area contributed by atoms with Crippen LogP contribution in [0.15, 0.2) is 21.5 Å². The average Bonchev–Trinajstić information content (AvgIpc) is 2.46. The monoisotopic (exact) mass is 274 g/mol. The van der Waals surface area contributed by atoms with E-state index in [4.69, 9.17) is 11.5 Å². The summed E-state index contributed by atoms with van der Waals surface area (Å²) in [6.07, 6.45) is 1.38. The van der Waals surface area contributed by atoms with Crippen molar-refractivity contribution >= 4 is 45.2 Å². The summed E-state index contributed by atoms with van der Waals surface area (Å²) in [7, 11) is 0. The molecule has 0 saturated heterocycles. The Morgan fingerprint density at radius 2 is 1.86 bits per heavy atom. The van der Waals surface area contributed by atoms with Crippen LogP contribution in [0.5, 0.6) is 0 Å². The van der Waals surface area contributed by atoms with Crippen LogP contribution < -0.4 is 11.5 Å². The van der Waals surface area contributed by atoms with Gasteiger partial charge in [0.15, 0.2) is 0 Å². The minimum absolute atomic E-state index is 0.195. The number of halogens is 1. The highest BCUT2D eigenvalue weighted by Gasteiger charge is 2.11. The lowest BCUT2D eigenvalue weighted by Crippen LogP contribution is -2.25. The first-order chi connectivity index (χ1) is 6.50. The molecule has 4 nitrogen and oxygen atoms in total. The summed E-state index contributed by atoms with van der Waals surface area (Å²) in [5.74, 6) is -1.64. The van der Waals surface area contributed by atoms with Crippen molar-refractivity contribution < 1.29 is 9.59 Å². The number of nitrogens with two attached hydrogens (primary N) is 2. The zero-order chi connectivity index (χ0) is 10.7. The molecule has 0 fully saturated rings. The van der Waals surface area contributed by atoms with Gasteiger partial charge in [-0.05, 0) is 34.1 Å². The minimum Gasteiger partial charge on any atom is -0.365 e. The molecule has 0 aliphatic rings. The van der Waals surface area contributed by atoms with Crippen LogP contribution in [0.25, 0.3) is 6.08 Å². The van der Waals surface area contributed by atoms with Crippen molar-refractivity contribution in [1.82, 2.24) is 0 Å². The van der Waals surface area contributed by atoms with Gasteiger partial charge in [0.2, 0.25) is 0 Å². The lowest BCUT2D eigenvalue weighted by Gasteiger charge is -1.95. The van der Waals surface area contributed by atoms with Gasteiger partial charge in [0, 0.05) is 4.88 Å². The van der Waals surface area contributed by atoms with E-state index >= 15 is 0 Å². The van der Waals surface area contributed by atoms with Crippen LogP contribution in [0.1, 0.15) is 4.88 Å². The van der Waals surface area contributed by atoms with E-state index in [-0.39, 0.29) is 5.57 Å². The molecule has 0 aliphatic heterocycles. The second-order valence-electron chi connectivity index (χ2n) is 2.43. The normalized spacial score (nSPS) is 9.50. The van der Waals surface area contributed by atoms with Gasteiger partial charge in [-0.25, -0.2) is 0 Å². The maximum Gasteiger partial charge on any atom is 0.254 e. The number of rotatable bonds is 3. The summed E-state index contributed by atoms with van der Waals surface area (Å²) in [6, 6.07) is 3.55. The Kier molecular flexibility index (Phi) is 3.43. The molecule has 0 bridgehead atoms. The molecule has 1 aromatic heterocycles. The second kappa shape index (κ2) is 4.39. The maximum absolute atomic E-state index is 10.8. The number of thiophene rings is 1. The molecular weight excluding hydrogens is 268 g/mol. The zero-order valence-corrected chi connectivity index (χ0v) is 9.39. The van der Waals surface area contributed by atoms with E-state index in [1.54, 1.807) is 12.1 Å². The van der Waals surface area contributed by atoms with Crippen molar-refractivity contribution in [3.63, 3.8) is 0 Å². The van der Waals surface area contributed by atoms with Crippen LogP contribution in [-0.4, -0.2) is 11.8 Å². The molecule has 6 heteroatoms. The van der Waals surface area contributed by atoms with Crippen molar-refractivity contribution in [2.24, 2.45) is 11.5 Å².